The Labute approximate surface area is 208 Å². The lowest BCUT2D eigenvalue weighted by Gasteiger charge is -2.60. The van der Waals surface area contributed by atoms with Gasteiger partial charge in [-0.25, -0.2) is 9.59 Å². The highest BCUT2D eigenvalue weighted by molar-refractivity contribution is 7.87. The van der Waals surface area contributed by atoms with Crippen LogP contribution < -0.4 is 0 Å². The topological polar surface area (TPSA) is 163 Å². The molecule has 0 aliphatic heterocycles. The highest BCUT2D eigenvalue weighted by atomic mass is 32.2. The van der Waals surface area contributed by atoms with Crippen LogP contribution in [0.2, 0.25) is 0 Å². The zero-order valence-electron chi connectivity index (χ0n) is 19.2. The molecule has 0 aromatic rings. The van der Waals surface area contributed by atoms with Crippen molar-refractivity contribution in [2.45, 2.75) is 80.9 Å². The van der Waals surface area contributed by atoms with Crippen LogP contribution >= 0.6 is 0 Å². The molecule has 0 spiro atoms. The van der Waals surface area contributed by atoms with Crippen molar-refractivity contribution in [1.29, 1.82) is 0 Å². The Morgan fingerprint density at radius 1 is 1.03 bits per heavy atom. The normalized spacial score (nSPS) is 41.8. The number of hydrogen-bond acceptors (Lipinski definition) is 9. The number of carbonyl (C=O) groups excluding carboxylic acids is 2. The Morgan fingerprint density at radius 3 is 2.22 bits per heavy atom. The molecule has 6 aliphatic rings. The Bertz CT molecular complexity index is 1050. The highest BCUT2D eigenvalue weighted by Crippen LogP contribution is 2.63. The van der Waals surface area contributed by atoms with Gasteiger partial charge in [0.15, 0.2) is 0 Å². The van der Waals surface area contributed by atoms with Crippen LogP contribution in [0.5, 0.6) is 0 Å². The Kier molecular flexibility index (Phi) is 6.42. The molecule has 15 heteroatoms. The molecular formula is C21H28F2O11S2. The number of fused-ring (bicyclic) bond motifs is 2. The van der Waals surface area contributed by atoms with Gasteiger partial charge in [0.25, 0.3) is 0 Å². The van der Waals surface area contributed by atoms with Crippen molar-refractivity contribution in [3.8, 4) is 0 Å². The van der Waals surface area contributed by atoms with E-state index in [1.54, 1.807) is 0 Å². The second kappa shape index (κ2) is 8.82. The molecule has 0 aromatic carbocycles. The summed E-state index contributed by atoms with van der Waals surface area (Å²) in [5.74, 6) is -2.14. The lowest BCUT2D eigenvalue weighted by atomic mass is 9.48. The fraction of sp³-hybridized carbons (Fsp3) is 0.905. The van der Waals surface area contributed by atoms with E-state index in [9.17, 15) is 31.0 Å². The molecule has 36 heavy (non-hydrogen) atoms. The minimum absolute atomic E-state index is 0.00249. The van der Waals surface area contributed by atoms with E-state index < -0.39 is 68.7 Å². The SMILES string of the molecule is O=C(OC1C2CCC(C2)C1OS(=O)O)OC12CC3CC(CC(COC(=O)C(F)(F)S(=O)(=O)O)(C3)C1)C2. The van der Waals surface area contributed by atoms with Crippen molar-refractivity contribution >= 4 is 33.6 Å². The summed E-state index contributed by atoms with van der Waals surface area (Å²) in [7, 11) is -5.97. The predicted octanol–water partition coefficient (Wildman–Crippen LogP) is 2.82. The first-order valence-corrected chi connectivity index (χ1v) is 14.4. The van der Waals surface area contributed by atoms with Gasteiger partial charge in [-0.2, -0.15) is 21.4 Å². The van der Waals surface area contributed by atoms with Crippen molar-refractivity contribution in [3.05, 3.63) is 0 Å². The van der Waals surface area contributed by atoms with Crippen LogP contribution in [-0.4, -0.2) is 63.5 Å². The molecule has 0 radical (unpaired) electrons. The van der Waals surface area contributed by atoms with Crippen LogP contribution in [0.4, 0.5) is 13.6 Å². The summed E-state index contributed by atoms with van der Waals surface area (Å²) in [5, 5.41) is -5.08. The van der Waals surface area contributed by atoms with Crippen molar-refractivity contribution in [2.75, 3.05) is 6.61 Å². The second-order valence-electron chi connectivity index (χ2n) is 11.3. The zero-order valence-corrected chi connectivity index (χ0v) is 20.8. The zero-order chi connectivity index (χ0) is 26.1. The third-order valence-corrected chi connectivity index (χ3v) is 9.89. The van der Waals surface area contributed by atoms with Gasteiger partial charge in [-0.3, -0.25) is 13.3 Å². The van der Waals surface area contributed by atoms with Crippen molar-refractivity contribution in [1.82, 2.24) is 0 Å². The standard InChI is InChI=1S/C21H28F2O11S2/c22-21(23,36(28,29)30)17(24)31-10-19-5-11-3-12(6-19)8-20(7-11,9-19)33-18(25)32-15-13-1-2-14(4-13)16(15)34-35(26)27/h11-16H,1-10H2,(H,26,27)(H,28,29,30). The van der Waals surface area contributed by atoms with Crippen molar-refractivity contribution < 1.29 is 58.5 Å². The molecule has 2 N–H and O–H groups in total. The van der Waals surface area contributed by atoms with Gasteiger partial charge in [0.2, 0.25) is 0 Å². The molecule has 6 saturated carbocycles. The van der Waals surface area contributed by atoms with Crippen LogP contribution in [-0.2, 0) is 44.7 Å². The summed E-state index contributed by atoms with van der Waals surface area (Å²) in [6, 6.07) is 0. The maximum Gasteiger partial charge on any atom is 0.509 e. The Hall–Kier alpha value is -1.42. The van der Waals surface area contributed by atoms with E-state index in [0.717, 1.165) is 25.7 Å². The lowest BCUT2D eigenvalue weighted by Crippen LogP contribution is -2.59. The van der Waals surface area contributed by atoms with E-state index in [-0.39, 0.29) is 30.1 Å². The number of alkyl halides is 2. The number of ether oxygens (including phenoxy) is 3. The third kappa shape index (κ3) is 4.65. The molecule has 204 valence electrons. The van der Waals surface area contributed by atoms with Crippen LogP contribution in [0.1, 0.15) is 57.8 Å². The maximum absolute atomic E-state index is 13.7. The molecule has 0 saturated heterocycles. The quantitative estimate of drug-likeness (QED) is 0.256. The van der Waals surface area contributed by atoms with Gasteiger partial charge in [0, 0.05) is 5.41 Å². The summed E-state index contributed by atoms with van der Waals surface area (Å²) in [4.78, 5) is 24.6. The fourth-order valence-corrected chi connectivity index (χ4v) is 8.68. The predicted molar refractivity (Wildman–Crippen MR) is 115 cm³/mol. The van der Waals surface area contributed by atoms with Crippen molar-refractivity contribution in [2.24, 2.45) is 29.1 Å². The van der Waals surface area contributed by atoms with Gasteiger partial charge in [-0.1, -0.05) is 0 Å². The number of hydrogen-bond donors (Lipinski definition) is 2. The van der Waals surface area contributed by atoms with Crippen molar-refractivity contribution in [3.63, 3.8) is 0 Å². The molecule has 7 unspecified atom stereocenters. The summed E-state index contributed by atoms with van der Waals surface area (Å²) in [6.07, 6.45) is 3.22. The Balaban J connectivity index is 1.25. The summed E-state index contributed by atoms with van der Waals surface area (Å²) >= 11 is -2.51. The molecule has 6 fully saturated rings. The summed E-state index contributed by atoms with van der Waals surface area (Å²) < 4.78 is 99.3. The van der Waals surface area contributed by atoms with Crippen LogP contribution in [0.3, 0.4) is 0 Å². The Morgan fingerprint density at radius 2 is 1.64 bits per heavy atom. The number of halogens is 2. The maximum atomic E-state index is 13.7. The molecule has 6 rings (SSSR count). The molecule has 6 aliphatic carbocycles. The summed E-state index contributed by atoms with van der Waals surface area (Å²) in [5.41, 5.74) is -1.73. The molecule has 0 amide bonds. The molecule has 7 atom stereocenters. The first-order chi connectivity index (χ1) is 16.7. The lowest BCUT2D eigenvalue weighted by molar-refractivity contribution is -0.201. The average molecular weight is 559 g/mol. The third-order valence-electron chi connectivity index (χ3n) is 8.69. The van der Waals surface area contributed by atoms with E-state index >= 15 is 0 Å². The van der Waals surface area contributed by atoms with E-state index in [1.807, 2.05) is 0 Å². The fourth-order valence-electron chi connectivity index (χ4n) is 7.95. The van der Waals surface area contributed by atoms with Gasteiger partial charge in [0.05, 0.1) is 6.61 Å². The molecule has 6 bridgehead atoms. The minimum Gasteiger partial charge on any atom is -0.460 e. The average Bonchev–Trinajstić information content (AvgIpc) is 3.32. The van der Waals surface area contributed by atoms with Gasteiger partial charge < -0.3 is 14.2 Å². The van der Waals surface area contributed by atoms with E-state index in [0.29, 0.717) is 25.7 Å². The molecular weight excluding hydrogens is 530 g/mol. The molecule has 0 aromatic heterocycles. The smallest absolute Gasteiger partial charge is 0.460 e. The minimum atomic E-state index is -5.97. The number of esters is 1. The van der Waals surface area contributed by atoms with Crippen LogP contribution in [0.15, 0.2) is 0 Å². The largest absolute Gasteiger partial charge is 0.509 e. The van der Waals surface area contributed by atoms with Gasteiger partial charge in [-0.05, 0) is 81.5 Å². The summed E-state index contributed by atoms with van der Waals surface area (Å²) in [6.45, 7) is -0.491. The van der Waals surface area contributed by atoms with Crippen LogP contribution in [0, 0.1) is 29.1 Å². The molecule has 11 nitrogen and oxygen atoms in total. The van der Waals surface area contributed by atoms with Gasteiger partial charge in [-0.15, -0.1) is 0 Å². The first kappa shape index (κ1) is 26.2. The first-order valence-electron chi connectivity index (χ1n) is 11.9. The number of carbonyl (C=O) groups is 2. The second-order valence-corrected chi connectivity index (χ2v) is 13.3. The van der Waals surface area contributed by atoms with E-state index in [1.165, 1.54) is 0 Å². The van der Waals surface area contributed by atoms with Gasteiger partial charge >= 0.3 is 38.9 Å². The molecule has 0 heterocycles. The number of rotatable bonds is 8. The highest BCUT2D eigenvalue weighted by Gasteiger charge is 2.62. The van der Waals surface area contributed by atoms with E-state index in [2.05, 4.69) is 0 Å². The van der Waals surface area contributed by atoms with Gasteiger partial charge in [0.1, 0.15) is 17.8 Å². The monoisotopic (exact) mass is 558 g/mol. The van der Waals surface area contributed by atoms with Crippen LogP contribution in [0.25, 0.3) is 0 Å². The van der Waals surface area contributed by atoms with E-state index in [4.69, 9.17) is 27.5 Å².